The second-order valence-corrected chi connectivity index (χ2v) is 4.48. The number of anilines is 1. The number of aryl methyl sites for hydroxylation is 1. The van der Waals surface area contributed by atoms with Gasteiger partial charge in [0.15, 0.2) is 5.82 Å². The lowest BCUT2D eigenvalue weighted by Gasteiger charge is -2.07. The lowest BCUT2D eigenvalue weighted by Crippen LogP contribution is -2.20. The summed E-state index contributed by atoms with van der Waals surface area (Å²) in [5, 5.41) is 10.6. The minimum atomic E-state index is -0.220. The molecule has 0 atom stereocenters. The fraction of sp³-hybridized carbons (Fsp3) is 0.143. The van der Waals surface area contributed by atoms with Gasteiger partial charge in [0, 0.05) is 30.2 Å². The fourth-order valence-electron chi connectivity index (χ4n) is 1.97. The molecule has 0 fully saturated rings. The third kappa shape index (κ3) is 2.97. The van der Waals surface area contributed by atoms with Crippen LogP contribution in [0.4, 0.5) is 5.82 Å². The zero-order valence-electron chi connectivity index (χ0n) is 11.4. The van der Waals surface area contributed by atoms with Crippen molar-refractivity contribution in [2.45, 2.75) is 13.5 Å². The highest BCUT2D eigenvalue weighted by Gasteiger charge is 2.11. The summed E-state index contributed by atoms with van der Waals surface area (Å²) in [5.74, 6) is 0.819. The third-order valence-corrected chi connectivity index (χ3v) is 2.88. The van der Waals surface area contributed by atoms with Gasteiger partial charge in [0.05, 0.1) is 5.69 Å². The van der Waals surface area contributed by atoms with Gasteiger partial charge in [-0.15, -0.1) is 0 Å². The van der Waals surface area contributed by atoms with Crippen molar-refractivity contribution >= 4 is 11.7 Å². The molecule has 1 amide bonds. The van der Waals surface area contributed by atoms with E-state index in [9.17, 15) is 4.79 Å². The van der Waals surface area contributed by atoms with Crippen molar-refractivity contribution in [2.75, 3.05) is 5.32 Å². The zero-order chi connectivity index (χ0) is 14.7. The van der Waals surface area contributed by atoms with Crippen molar-refractivity contribution in [2.24, 2.45) is 0 Å². The Morgan fingerprint density at radius 2 is 2.10 bits per heavy atom. The fourth-order valence-corrected chi connectivity index (χ4v) is 1.97. The Kier molecular flexibility index (Phi) is 3.46. The van der Waals surface area contributed by atoms with E-state index in [0.717, 1.165) is 11.3 Å². The average molecular weight is 283 g/mol. The van der Waals surface area contributed by atoms with Crippen molar-refractivity contribution < 1.29 is 9.32 Å². The number of nitrogens with zero attached hydrogens (tertiary/aromatic N) is 4. The average Bonchev–Trinajstić information content (AvgIpc) is 3.09. The van der Waals surface area contributed by atoms with Crippen LogP contribution in [0.5, 0.6) is 0 Å². The third-order valence-electron chi connectivity index (χ3n) is 2.88. The molecule has 106 valence electrons. The second-order valence-electron chi connectivity index (χ2n) is 4.48. The maximum atomic E-state index is 12.0. The van der Waals surface area contributed by atoms with Crippen LogP contribution in [0.25, 0.3) is 11.3 Å². The topological polar surface area (TPSA) is 85.8 Å². The van der Waals surface area contributed by atoms with Crippen molar-refractivity contribution in [1.82, 2.24) is 19.9 Å². The Bertz CT molecular complexity index is 748. The van der Waals surface area contributed by atoms with Crippen LogP contribution in [0.2, 0.25) is 0 Å². The van der Waals surface area contributed by atoms with Crippen LogP contribution in [0.3, 0.4) is 0 Å². The Labute approximate surface area is 120 Å². The molecule has 0 aromatic carbocycles. The van der Waals surface area contributed by atoms with Crippen molar-refractivity contribution in [3.8, 4) is 11.3 Å². The number of rotatable bonds is 4. The van der Waals surface area contributed by atoms with Gasteiger partial charge < -0.3 is 9.84 Å². The number of hydrogen-bond donors (Lipinski definition) is 1. The Morgan fingerprint density at radius 3 is 2.81 bits per heavy atom. The van der Waals surface area contributed by atoms with Gasteiger partial charge in [-0.05, 0) is 25.1 Å². The molecule has 3 aromatic heterocycles. The smallest absolute Gasteiger partial charge is 0.247 e. The van der Waals surface area contributed by atoms with E-state index in [2.05, 4.69) is 20.6 Å². The molecule has 0 radical (unpaired) electrons. The molecular weight excluding hydrogens is 270 g/mol. The molecule has 7 nitrogen and oxygen atoms in total. The highest BCUT2D eigenvalue weighted by Crippen LogP contribution is 2.17. The van der Waals surface area contributed by atoms with E-state index < -0.39 is 0 Å². The van der Waals surface area contributed by atoms with E-state index in [1.807, 2.05) is 18.2 Å². The predicted molar refractivity (Wildman–Crippen MR) is 75.3 cm³/mol. The number of amides is 1. The lowest BCUT2D eigenvalue weighted by atomic mass is 10.2. The van der Waals surface area contributed by atoms with Crippen LogP contribution in [0.1, 0.15) is 5.76 Å². The lowest BCUT2D eigenvalue weighted by molar-refractivity contribution is -0.116. The molecule has 3 rings (SSSR count). The van der Waals surface area contributed by atoms with Crippen LogP contribution in [-0.2, 0) is 11.3 Å². The minimum Gasteiger partial charge on any atom is -0.360 e. The van der Waals surface area contributed by atoms with E-state index in [0.29, 0.717) is 11.6 Å². The highest BCUT2D eigenvalue weighted by atomic mass is 16.5. The first kappa shape index (κ1) is 13.0. The van der Waals surface area contributed by atoms with E-state index in [1.165, 1.54) is 0 Å². The van der Waals surface area contributed by atoms with Crippen molar-refractivity contribution in [3.05, 3.63) is 48.6 Å². The van der Waals surface area contributed by atoms with Crippen LogP contribution >= 0.6 is 0 Å². The summed E-state index contributed by atoms with van der Waals surface area (Å²) in [6, 6.07) is 7.24. The molecule has 0 saturated heterocycles. The minimum absolute atomic E-state index is 0.0938. The molecule has 0 bridgehead atoms. The monoisotopic (exact) mass is 283 g/mol. The summed E-state index contributed by atoms with van der Waals surface area (Å²) in [6.07, 6.45) is 5.05. The number of pyridine rings is 1. The molecule has 1 N–H and O–H groups in total. The normalized spacial score (nSPS) is 10.5. The molecule has 0 spiro atoms. The van der Waals surface area contributed by atoms with Crippen LogP contribution in [-0.4, -0.2) is 25.8 Å². The second kappa shape index (κ2) is 5.58. The molecule has 7 heteroatoms. The van der Waals surface area contributed by atoms with Crippen LogP contribution in [0.15, 0.2) is 47.4 Å². The van der Waals surface area contributed by atoms with Gasteiger partial charge in [-0.25, -0.2) is 0 Å². The summed E-state index contributed by atoms with van der Waals surface area (Å²) in [5.41, 5.74) is 1.80. The van der Waals surface area contributed by atoms with Gasteiger partial charge in [0.1, 0.15) is 12.3 Å². The van der Waals surface area contributed by atoms with Gasteiger partial charge in [-0.1, -0.05) is 5.16 Å². The Hall–Kier alpha value is -2.96. The number of hydrogen-bond acceptors (Lipinski definition) is 5. The maximum absolute atomic E-state index is 12.0. The van der Waals surface area contributed by atoms with Gasteiger partial charge in [0.25, 0.3) is 0 Å². The summed E-state index contributed by atoms with van der Waals surface area (Å²) in [4.78, 5) is 16.0. The standard InChI is InChI=1S/C14H13N5O2/c1-10-8-13(18-21-10)17-14(20)9-19-12(4-7-16-19)11-2-5-15-6-3-11/h2-8H,9H2,1H3,(H,17,18,20). The number of carbonyl (C=O) groups excluding carboxylic acids is 1. The molecule has 3 heterocycles. The number of carbonyl (C=O) groups is 1. The van der Waals surface area contributed by atoms with E-state index in [1.54, 1.807) is 36.3 Å². The van der Waals surface area contributed by atoms with E-state index in [-0.39, 0.29) is 12.5 Å². The van der Waals surface area contributed by atoms with E-state index in [4.69, 9.17) is 4.52 Å². The Morgan fingerprint density at radius 1 is 1.29 bits per heavy atom. The largest absolute Gasteiger partial charge is 0.360 e. The summed E-state index contributed by atoms with van der Waals surface area (Å²) >= 11 is 0. The molecule has 0 aliphatic heterocycles. The molecule has 0 aliphatic carbocycles. The molecule has 0 unspecified atom stereocenters. The number of aromatic nitrogens is 4. The van der Waals surface area contributed by atoms with Gasteiger partial charge in [-0.3, -0.25) is 14.5 Å². The quantitative estimate of drug-likeness (QED) is 0.790. The Balaban J connectivity index is 1.74. The van der Waals surface area contributed by atoms with Gasteiger partial charge >= 0.3 is 0 Å². The first-order chi connectivity index (χ1) is 10.2. The van der Waals surface area contributed by atoms with Gasteiger partial charge in [-0.2, -0.15) is 5.10 Å². The first-order valence-electron chi connectivity index (χ1n) is 6.38. The van der Waals surface area contributed by atoms with Crippen molar-refractivity contribution in [3.63, 3.8) is 0 Å². The van der Waals surface area contributed by atoms with Crippen LogP contribution in [0, 0.1) is 6.92 Å². The molecular formula is C14H13N5O2. The first-order valence-corrected chi connectivity index (χ1v) is 6.38. The van der Waals surface area contributed by atoms with Crippen molar-refractivity contribution in [1.29, 1.82) is 0 Å². The highest BCUT2D eigenvalue weighted by molar-refractivity contribution is 5.89. The molecule has 3 aromatic rings. The zero-order valence-corrected chi connectivity index (χ0v) is 11.4. The molecule has 0 saturated carbocycles. The maximum Gasteiger partial charge on any atom is 0.247 e. The predicted octanol–water partition coefficient (Wildman–Crippen LogP) is 1.88. The summed E-state index contributed by atoms with van der Waals surface area (Å²) < 4.78 is 6.52. The van der Waals surface area contributed by atoms with E-state index >= 15 is 0 Å². The van der Waals surface area contributed by atoms with Gasteiger partial charge in [0.2, 0.25) is 5.91 Å². The molecule has 0 aliphatic rings. The molecule has 21 heavy (non-hydrogen) atoms. The SMILES string of the molecule is Cc1cc(NC(=O)Cn2nccc2-c2ccncc2)no1. The number of nitrogens with one attached hydrogen (secondary N) is 1. The summed E-state index contributed by atoms with van der Waals surface area (Å²) in [6.45, 7) is 1.86. The summed E-state index contributed by atoms with van der Waals surface area (Å²) in [7, 11) is 0. The van der Waals surface area contributed by atoms with Crippen LogP contribution < -0.4 is 5.32 Å².